The van der Waals surface area contributed by atoms with Crippen LogP contribution in [0.5, 0.6) is 0 Å². The number of nitrogens with zero attached hydrogens (tertiary/aromatic N) is 3. The van der Waals surface area contributed by atoms with Gasteiger partial charge in [0.1, 0.15) is 12.1 Å². The SMILES string of the molecule is NC1CC(c2cc(N3CCC4(CCCC4)C3)ncn2)C1. The first-order valence-electron chi connectivity index (χ1n) is 8.07. The van der Waals surface area contributed by atoms with Crippen LogP contribution in [0.3, 0.4) is 0 Å². The van der Waals surface area contributed by atoms with E-state index < -0.39 is 0 Å². The molecule has 0 unspecified atom stereocenters. The van der Waals surface area contributed by atoms with E-state index in [4.69, 9.17) is 5.73 Å². The molecule has 4 rings (SSSR count). The van der Waals surface area contributed by atoms with E-state index in [0.717, 1.165) is 18.7 Å². The summed E-state index contributed by atoms with van der Waals surface area (Å²) in [6.45, 7) is 2.37. The summed E-state index contributed by atoms with van der Waals surface area (Å²) in [6.07, 6.45) is 10.9. The molecule has 4 heteroatoms. The quantitative estimate of drug-likeness (QED) is 0.898. The Morgan fingerprint density at radius 1 is 1.15 bits per heavy atom. The zero-order chi connectivity index (χ0) is 13.6. The van der Waals surface area contributed by atoms with Crippen LogP contribution < -0.4 is 10.6 Å². The molecule has 0 atom stereocenters. The van der Waals surface area contributed by atoms with Crippen LogP contribution in [0.1, 0.15) is 56.6 Å². The van der Waals surface area contributed by atoms with Gasteiger partial charge in [0.15, 0.2) is 0 Å². The lowest BCUT2D eigenvalue weighted by atomic mass is 9.78. The molecular formula is C16H24N4. The maximum Gasteiger partial charge on any atom is 0.132 e. The lowest BCUT2D eigenvalue weighted by Crippen LogP contribution is -2.35. The molecule has 0 amide bonds. The van der Waals surface area contributed by atoms with Crippen LogP contribution in [0.4, 0.5) is 5.82 Å². The first-order valence-corrected chi connectivity index (χ1v) is 8.07. The summed E-state index contributed by atoms with van der Waals surface area (Å²) in [6, 6.07) is 2.59. The molecule has 3 aliphatic rings. The van der Waals surface area contributed by atoms with E-state index in [1.165, 1.54) is 50.9 Å². The monoisotopic (exact) mass is 272 g/mol. The van der Waals surface area contributed by atoms with E-state index in [1.54, 1.807) is 6.33 Å². The molecule has 0 bridgehead atoms. The van der Waals surface area contributed by atoms with Crippen molar-refractivity contribution < 1.29 is 0 Å². The zero-order valence-electron chi connectivity index (χ0n) is 12.1. The molecule has 2 saturated carbocycles. The van der Waals surface area contributed by atoms with Gasteiger partial charge in [-0.2, -0.15) is 0 Å². The third-order valence-electron chi connectivity index (χ3n) is 5.69. The summed E-state index contributed by atoms with van der Waals surface area (Å²) in [5.74, 6) is 1.70. The van der Waals surface area contributed by atoms with Gasteiger partial charge >= 0.3 is 0 Å². The Morgan fingerprint density at radius 2 is 1.95 bits per heavy atom. The van der Waals surface area contributed by atoms with Gasteiger partial charge in [-0.05, 0) is 37.5 Å². The second-order valence-electron chi connectivity index (χ2n) is 7.11. The summed E-state index contributed by atoms with van der Waals surface area (Å²) in [5, 5.41) is 0. The van der Waals surface area contributed by atoms with Gasteiger partial charge in [0.25, 0.3) is 0 Å². The van der Waals surface area contributed by atoms with Gasteiger partial charge in [-0.15, -0.1) is 0 Å². The van der Waals surface area contributed by atoms with Crippen LogP contribution in [0.2, 0.25) is 0 Å². The smallest absolute Gasteiger partial charge is 0.132 e. The van der Waals surface area contributed by atoms with Crippen molar-refractivity contribution in [2.45, 2.75) is 56.9 Å². The summed E-state index contributed by atoms with van der Waals surface area (Å²) < 4.78 is 0. The lowest BCUT2D eigenvalue weighted by molar-refractivity contribution is 0.340. The molecule has 1 aromatic heterocycles. The number of hydrogen-bond acceptors (Lipinski definition) is 4. The fourth-order valence-corrected chi connectivity index (χ4v) is 4.32. The molecule has 3 fully saturated rings. The van der Waals surface area contributed by atoms with Crippen LogP contribution in [-0.2, 0) is 0 Å². The topological polar surface area (TPSA) is 55.0 Å². The lowest BCUT2D eigenvalue weighted by Gasteiger charge is -2.32. The highest BCUT2D eigenvalue weighted by molar-refractivity contribution is 5.42. The molecule has 20 heavy (non-hydrogen) atoms. The van der Waals surface area contributed by atoms with Crippen LogP contribution in [-0.4, -0.2) is 29.1 Å². The highest BCUT2D eigenvalue weighted by Crippen LogP contribution is 2.46. The van der Waals surface area contributed by atoms with E-state index in [0.29, 0.717) is 17.4 Å². The van der Waals surface area contributed by atoms with E-state index in [-0.39, 0.29) is 0 Å². The summed E-state index contributed by atoms with van der Waals surface area (Å²) in [7, 11) is 0. The van der Waals surface area contributed by atoms with Gasteiger partial charge in [-0.25, -0.2) is 9.97 Å². The predicted octanol–water partition coefficient (Wildman–Crippen LogP) is 2.45. The molecule has 1 aliphatic heterocycles. The second kappa shape index (κ2) is 4.69. The van der Waals surface area contributed by atoms with Gasteiger partial charge in [0, 0.05) is 36.8 Å². The molecule has 4 nitrogen and oxygen atoms in total. The minimum atomic E-state index is 0.381. The maximum atomic E-state index is 5.89. The molecule has 0 radical (unpaired) electrons. The molecule has 2 N–H and O–H groups in total. The summed E-state index contributed by atoms with van der Waals surface area (Å²) in [4.78, 5) is 11.5. The van der Waals surface area contributed by atoms with Crippen molar-refractivity contribution in [1.82, 2.24) is 9.97 Å². The van der Waals surface area contributed by atoms with Gasteiger partial charge in [0.2, 0.25) is 0 Å². The third-order valence-corrected chi connectivity index (χ3v) is 5.69. The average molecular weight is 272 g/mol. The fourth-order valence-electron chi connectivity index (χ4n) is 4.32. The Kier molecular flexibility index (Phi) is 2.95. The maximum absolute atomic E-state index is 5.89. The molecule has 2 heterocycles. The number of aromatic nitrogens is 2. The average Bonchev–Trinajstić information content (AvgIpc) is 3.06. The largest absolute Gasteiger partial charge is 0.356 e. The minimum Gasteiger partial charge on any atom is -0.356 e. The Labute approximate surface area is 120 Å². The van der Waals surface area contributed by atoms with Gasteiger partial charge in [-0.3, -0.25) is 0 Å². The molecule has 108 valence electrons. The standard InChI is InChI=1S/C16H24N4/c17-13-7-12(8-13)14-9-15(19-11-18-14)20-6-5-16(10-20)3-1-2-4-16/h9,11-13H,1-8,10,17H2. The van der Waals surface area contributed by atoms with Crippen molar-refractivity contribution in [3.8, 4) is 0 Å². The first kappa shape index (κ1) is 12.6. The highest BCUT2D eigenvalue weighted by atomic mass is 15.2. The Balaban J connectivity index is 1.50. The van der Waals surface area contributed by atoms with Crippen molar-refractivity contribution in [2.24, 2.45) is 11.1 Å². The Hall–Kier alpha value is -1.16. The number of nitrogens with two attached hydrogens (primary N) is 1. The zero-order valence-corrected chi connectivity index (χ0v) is 12.1. The number of anilines is 1. The normalized spacial score (nSPS) is 31.8. The highest BCUT2D eigenvalue weighted by Gasteiger charge is 2.40. The van der Waals surface area contributed by atoms with E-state index >= 15 is 0 Å². The fraction of sp³-hybridized carbons (Fsp3) is 0.750. The summed E-state index contributed by atoms with van der Waals surface area (Å²) >= 11 is 0. The Morgan fingerprint density at radius 3 is 2.70 bits per heavy atom. The van der Waals surface area contributed by atoms with E-state index in [2.05, 4.69) is 20.9 Å². The molecule has 2 aliphatic carbocycles. The number of rotatable bonds is 2. The third kappa shape index (κ3) is 2.10. The van der Waals surface area contributed by atoms with E-state index in [1.807, 2.05) is 0 Å². The van der Waals surface area contributed by atoms with Crippen LogP contribution in [0.25, 0.3) is 0 Å². The molecule has 0 aromatic carbocycles. The van der Waals surface area contributed by atoms with Crippen molar-refractivity contribution in [3.05, 3.63) is 18.1 Å². The number of hydrogen-bond donors (Lipinski definition) is 1. The van der Waals surface area contributed by atoms with Crippen molar-refractivity contribution in [2.75, 3.05) is 18.0 Å². The van der Waals surface area contributed by atoms with E-state index in [9.17, 15) is 0 Å². The summed E-state index contributed by atoms with van der Waals surface area (Å²) in [5.41, 5.74) is 7.69. The molecule has 1 spiro atoms. The molecule has 1 aromatic rings. The molecule has 1 saturated heterocycles. The van der Waals surface area contributed by atoms with Crippen molar-refractivity contribution in [3.63, 3.8) is 0 Å². The van der Waals surface area contributed by atoms with Crippen LogP contribution >= 0.6 is 0 Å². The Bertz CT molecular complexity index is 489. The van der Waals surface area contributed by atoms with Crippen molar-refractivity contribution >= 4 is 5.82 Å². The first-order chi connectivity index (χ1) is 9.74. The minimum absolute atomic E-state index is 0.381. The van der Waals surface area contributed by atoms with Crippen LogP contribution in [0, 0.1) is 5.41 Å². The van der Waals surface area contributed by atoms with Gasteiger partial charge in [0.05, 0.1) is 0 Å². The second-order valence-corrected chi connectivity index (χ2v) is 7.11. The predicted molar refractivity (Wildman–Crippen MR) is 79.7 cm³/mol. The van der Waals surface area contributed by atoms with Crippen LogP contribution in [0.15, 0.2) is 12.4 Å². The van der Waals surface area contributed by atoms with Gasteiger partial charge in [-0.1, -0.05) is 12.8 Å². The molecular weight excluding hydrogens is 248 g/mol. The van der Waals surface area contributed by atoms with Crippen molar-refractivity contribution in [1.29, 1.82) is 0 Å². The van der Waals surface area contributed by atoms with Gasteiger partial charge < -0.3 is 10.6 Å².